The van der Waals surface area contributed by atoms with Crippen LogP contribution in [0.25, 0.3) is 0 Å². The van der Waals surface area contributed by atoms with Gasteiger partial charge in [-0.15, -0.1) is 0 Å². The van der Waals surface area contributed by atoms with Gasteiger partial charge in [-0.1, -0.05) is 30.3 Å². The highest BCUT2D eigenvalue weighted by molar-refractivity contribution is 8.14. The molecular weight excluding hydrogens is 398 g/mol. The number of carbonyl (C=O) groups excluding carboxylic acids is 2. The van der Waals surface area contributed by atoms with Gasteiger partial charge in [0.25, 0.3) is 5.24 Å². The number of hydrogen-bond acceptors (Lipinski definition) is 6. The molecule has 1 saturated carbocycles. The zero-order valence-electron chi connectivity index (χ0n) is 17.8. The van der Waals surface area contributed by atoms with Crippen molar-refractivity contribution < 1.29 is 14.3 Å². The number of anilines is 1. The van der Waals surface area contributed by atoms with Gasteiger partial charge in [-0.2, -0.15) is 0 Å². The molecule has 164 valence electrons. The van der Waals surface area contributed by atoms with Crippen LogP contribution < -0.4 is 9.64 Å². The van der Waals surface area contributed by atoms with Gasteiger partial charge in [0.1, 0.15) is 5.75 Å². The Morgan fingerprint density at radius 3 is 2.40 bits per heavy atom. The summed E-state index contributed by atoms with van der Waals surface area (Å²) in [5, 5.41) is -0.0756. The quantitative estimate of drug-likeness (QED) is 0.551. The summed E-state index contributed by atoms with van der Waals surface area (Å²) < 4.78 is 6.33. The molecule has 3 aliphatic rings. The minimum absolute atomic E-state index is 0.0293. The Labute approximate surface area is 183 Å². The first-order valence-corrected chi connectivity index (χ1v) is 12.4. The molecule has 0 spiro atoms. The van der Waals surface area contributed by atoms with E-state index in [1.54, 1.807) is 0 Å². The Bertz CT molecular complexity index is 714. The minimum Gasteiger partial charge on any atom is -0.488 e. The highest BCUT2D eigenvalue weighted by Crippen LogP contribution is 2.32. The van der Waals surface area contributed by atoms with Crippen LogP contribution in [-0.4, -0.2) is 72.1 Å². The average Bonchev–Trinajstić information content (AvgIpc) is 3.39. The molecule has 2 saturated heterocycles. The van der Waals surface area contributed by atoms with Crippen LogP contribution in [-0.2, 0) is 4.79 Å². The summed E-state index contributed by atoms with van der Waals surface area (Å²) in [6.07, 6.45) is 8.40. The number of rotatable bonds is 9. The maximum atomic E-state index is 11.6. The number of benzene rings is 1. The molecule has 0 N–H and O–H groups in total. The van der Waals surface area contributed by atoms with Crippen molar-refractivity contribution in [2.45, 2.75) is 51.0 Å². The van der Waals surface area contributed by atoms with Crippen LogP contribution in [0, 0.1) is 0 Å². The Morgan fingerprint density at radius 2 is 1.67 bits per heavy atom. The molecule has 2 heterocycles. The minimum atomic E-state index is -0.0756. The van der Waals surface area contributed by atoms with Crippen molar-refractivity contribution >= 4 is 28.6 Å². The first-order chi connectivity index (χ1) is 14.7. The van der Waals surface area contributed by atoms with Crippen molar-refractivity contribution in [3.63, 3.8) is 0 Å². The largest absolute Gasteiger partial charge is 0.488 e. The summed E-state index contributed by atoms with van der Waals surface area (Å²) in [6, 6.07) is 8.50. The molecule has 6 nitrogen and oxygen atoms in total. The van der Waals surface area contributed by atoms with Crippen LogP contribution in [0.5, 0.6) is 5.75 Å². The Kier molecular flexibility index (Phi) is 7.55. The van der Waals surface area contributed by atoms with Gasteiger partial charge in [-0.05, 0) is 57.2 Å². The van der Waals surface area contributed by atoms with Gasteiger partial charge < -0.3 is 9.64 Å². The lowest BCUT2D eigenvalue weighted by Gasteiger charge is -2.37. The third-order valence-electron chi connectivity index (χ3n) is 6.37. The fraction of sp³-hybridized carbons (Fsp3) is 0.652. The fourth-order valence-electron chi connectivity index (χ4n) is 4.60. The van der Waals surface area contributed by atoms with Crippen LogP contribution in [0.15, 0.2) is 24.3 Å². The first kappa shape index (κ1) is 21.5. The first-order valence-electron chi connectivity index (χ1n) is 11.4. The topological polar surface area (TPSA) is 53.1 Å². The summed E-state index contributed by atoms with van der Waals surface area (Å²) >= 11 is 1.12. The number of imide groups is 1. The molecule has 0 bridgehead atoms. The zero-order valence-corrected chi connectivity index (χ0v) is 18.6. The predicted molar refractivity (Wildman–Crippen MR) is 121 cm³/mol. The third kappa shape index (κ3) is 5.49. The van der Waals surface area contributed by atoms with Crippen molar-refractivity contribution in [2.24, 2.45) is 0 Å². The molecule has 4 rings (SSSR count). The standard InChI is InChI=1S/C23H33N3O3S/c27-22-18-30-23(28)26(22)13-7-1-6-12-24-14-16-25(17-15-24)20-10-4-5-11-21(20)29-19-8-2-3-9-19/h4-5,10-11,19H,1-3,6-9,12-18H2. The third-order valence-corrected chi connectivity index (χ3v) is 7.23. The Balaban J connectivity index is 1.16. The number of para-hydroxylation sites is 2. The van der Waals surface area contributed by atoms with Gasteiger partial charge in [0.15, 0.2) is 0 Å². The van der Waals surface area contributed by atoms with E-state index in [0.29, 0.717) is 18.4 Å². The van der Waals surface area contributed by atoms with Gasteiger partial charge in [-0.25, -0.2) is 0 Å². The number of hydrogen-bond donors (Lipinski definition) is 0. The second-order valence-corrected chi connectivity index (χ2v) is 9.41. The summed E-state index contributed by atoms with van der Waals surface area (Å²) in [5.41, 5.74) is 1.24. The average molecular weight is 432 g/mol. The monoisotopic (exact) mass is 431 g/mol. The van der Waals surface area contributed by atoms with Crippen LogP contribution in [0.3, 0.4) is 0 Å². The summed E-state index contributed by atoms with van der Waals surface area (Å²) in [5.74, 6) is 1.33. The van der Waals surface area contributed by atoms with Crippen LogP contribution >= 0.6 is 11.8 Å². The fourth-order valence-corrected chi connectivity index (χ4v) is 5.35. The number of ether oxygens (including phenoxy) is 1. The smallest absolute Gasteiger partial charge is 0.288 e. The van der Waals surface area contributed by atoms with Crippen molar-refractivity contribution in [1.29, 1.82) is 0 Å². The zero-order chi connectivity index (χ0) is 20.8. The van der Waals surface area contributed by atoms with Crippen LogP contribution in [0.2, 0.25) is 0 Å². The van der Waals surface area contributed by atoms with Gasteiger partial charge in [0, 0.05) is 32.7 Å². The van der Waals surface area contributed by atoms with E-state index in [0.717, 1.165) is 69.5 Å². The van der Waals surface area contributed by atoms with E-state index in [9.17, 15) is 9.59 Å². The molecule has 30 heavy (non-hydrogen) atoms. The maximum absolute atomic E-state index is 11.6. The summed E-state index contributed by atoms with van der Waals surface area (Å²) in [7, 11) is 0. The van der Waals surface area contributed by atoms with Crippen molar-refractivity contribution in [2.75, 3.05) is 49.9 Å². The lowest BCUT2D eigenvalue weighted by Crippen LogP contribution is -2.46. The predicted octanol–water partition coefficient (Wildman–Crippen LogP) is 4.00. The highest BCUT2D eigenvalue weighted by atomic mass is 32.2. The normalized spacial score (nSPS) is 21.1. The Morgan fingerprint density at radius 1 is 0.933 bits per heavy atom. The molecular formula is C23H33N3O3S. The van der Waals surface area contributed by atoms with E-state index < -0.39 is 0 Å². The lowest BCUT2D eigenvalue weighted by molar-refractivity contribution is -0.124. The molecule has 1 aromatic carbocycles. The van der Waals surface area contributed by atoms with Crippen molar-refractivity contribution in [1.82, 2.24) is 9.80 Å². The van der Waals surface area contributed by atoms with Gasteiger partial charge >= 0.3 is 0 Å². The SMILES string of the molecule is O=C1CSC(=O)N1CCCCCN1CCN(c2ccccc2OC2CCCC2)CC1. The molecule has 1 aromatic rings. The molecule has 0 atom stereocenters. The molecule has 7 heteroatoms. The maximum Gasteiger partial charge on any atom is 0.288 e. The van der Waals surface area contributed by atoms with Gasteiger partial charge in [-0.3, -0.25) is 19.4 Å². The molecule has 0 radical (unpaired) electrons. The second kappa shape index (κ2) is 10.5. The molecule has 3 fully saturated rings. The molecule has 0 aromatic heterocycles. The van der Waals surface area contributed by atoms with E-state index >= 15 is 0 Å². The second-order valence-electron chi connectivity index (χ2n) is 8.48. The van der Waals surface area contributed by atoms with Crippen molar-refractivity contribution in [3.8, 4) is 5.75 Å². The number of nitrogens with zero attached hydrogens (tertiary/aromatic N) is 3. The number of carbonyl (C=O) groups is 2. The van der Waals surface area contributed by atoms with E-state index in [1.165, 1.54) is 36.3 Å². The van der Waals surface area contributed by atoms with Crippen molar-refractivity contribution in [3.05, 3.63) is 24.3 Å². The van der Waals surface area contributed by atoms with E-state index in [1.807, 2.05) is 0 Å². The molecule has 1 aliphatic carbocycles. The van der Waals surface area contributed by atoms with E-state index in [2.05, 4.69) is 34.1 Å². The Hall–Kier alpha value is -1.73. The van der Waals surface area contributed by atoms with Gasteiger partial charge in [0.05, 0.1) is 17.5 Å². The van der Waals surface area contributed by atoms with Gasteiger partial charge in [0.2, 0.25) is 5.91 Å². The highest BCUT2D eigenvalue weighted by Gasteiger charge is 2.29. The number of amides is 2. The van der Waals surface area contributed by atoms with E-state index in [4.69, 9.17) is 4.74 Å². The van der Waals surface area contributed by atoms with Crippen LogP contribution in [0.1, 0.15) is 44.9 Å². The van der Waals surface area contributed by atoms with Crippen LogP contribution in [0.4, 0.5) is 10.5 Å². The number of unbranched alkanes of at least 4 members (excludes halogenated alkanes) is 2. The summed E-state index contributed by atoms with van der Waals surface area (Å²) in [6.45, 7) is 5.86. The molecule has 2 amide bonds. The number of thioether (sulfide) groups is 1. The molecule has 0 unspecified atom stereocenters. The van der Waals surface area contributed by atoms with E-state index in [-0.39, 0.29) is 11.1 Å². The lowest BCUT2D eigenvalue weighted by atomic mass is 10.2. The molecule has 2 aliphatic heterocycles. The summed E-state index contributed by atoms with van der Waals surface area (Å²) in [4.78, 5) is 29.6. The number of piperazine rings is 1.